The molecule has 0 spiro atoms. The topological polar surface area (TPSA) is 108 Å². The Hall–Kier alpha value is -4.82. The molecule has 0 aliphatic carbocycles. The van der Waals surface area contributed by atoms with E-state index in [2.05, 4.69) is 21.6 Å². The number of piperidine rings is 1. The number of aromatic nitrogens is 4. The number of rotatable bonds is 5. The Labute approximate surface area is 262 Å². The first kappa shape index (κ1) is 31.2. The highest BCUT2D eigenvalue weighted by Crippen LogP contribution is 2.41. The molecule has 2 aromatic heterocycles. The lowest BCUT2D eigenvalue weighted by Gasteiger charge is -2.38. The fourth-order valence-corrected chi connectivity index (χ4v) is 6.62. The molecular weight excluding hydrogens is 608 g/mol. The summed E-state index contributed by atoms with van der Waals surface area (Å²) in [5.74, 6) is -2.44. The van der Waals surface area contributed by atoms with Crippen LogP contribution in [0.2, 0.25) is 0 Å². The van der Waals surface area contributed by atoms with Crippen molar-refractivity contribution in [2.75, 3.05) is 41.4 Å². The monoisotopic (exact) mass is 640 g/mol. The molecule has 3 aliphatic rings. The fraction of sp³-hybridized carbons (Fsp3) is 0.419. The number of anilines is 3. The van der Waals surface area contributed by atoms with Gasteiger partial charge in [0.05, 0.1) is 29.5 Å². The third-order valence-corrected chi connectivity index (χ3v) is 8.84. The molecule has 15 heteroatoms. The number of carbonyl (C=O) groups excluding carboxylic acids is 3. The third kappa shape index (κ3) is 5.69. The standard InChI is InChI=1S/C31H32F4N8O3/c1-4-26(44)40-10-8-21(9-11-40)42-17-36-24(38-42)16-41-15-19-13-27(45)43(25-14-20(31(33,34)35)12-18(2)37-25)28(19)30(46)39(3)23-7-5-6-22(32)29(23)41/h4-7,12,14,17,19,21,28H,1,8-11,13,15-16H2,2-3H3/t19-,28+/m1/s1. The molecule has 3 aromatic rings. The molecule has 5 heterocycles. The van der Waals surface area contributed by atoms with Crippen molar-refractivity contribution in [1.29, 1.82) is 0 Å². The first-order valence-electron chi connectivity index (χ1n) is 14.9. The Morgan fingerprint density at radius 3 is 2.59 bits per heavy atom. The van der Waals surface area contributed by atoms with E-state index in [0.717, 1.165) is 17.0 Å². The van der Waals surface area contributed by atoms with Crippen molar-refractivity contribution in [3.8, 4) is 0 Å². The number of likely N-dealkylation sites (tertiary alicyclic amines) is 1. The summed E-state index contributed by atoms with van der Waals surface area (Å²) in [5.41, 5.74) is -0.578. The second-order valence-electron chi connectivity index (χ2n) is 11.8. The second-order valence-corrected chi connectivity index (χ2v) is 11.8. The van der Waals surface area contributed by atoms with Crippen LogP contribution in [0.5, 0.6) is 0 Å². The normalized spacial score (nSPS) is 20.8. The van der Waals surface area contributed by atoms with Crippen LogP contribution in [0, 0.1) is 18.7 Å². The van der Waals surface area contributed by atoms with Gasteiger partial charge in [-0.05, 0) is 50.1 Å². The Bertz CT molecular complexity index is 1700. The van der Waals surface area contributed by atoms with Gasteiger partial charge in [0.25, 0.3) is 0 Å². The maximum Gasteiger partial charge on any atom is 0.416 e. The number of carbonyl (C=O) groups is 3. The molecule has 1 aromatic carbocycles. The summed E-state index contributed by atoms with van der Waals surface area (Å²) in [4.78, 5) is 53.7. The molecule has 2 fully saturated rings. The number of hydrogen-bond donors (Lipinski definition) is 0. The lowest BCUT2D eigenvalue weighted by Crippen LogP contribution is -2.52. The third-order valence-electron chi connectivity index (χ3n) is 8.84. The van der Waals surface area contributed by atoms with Gasteiger partial charge < -0.3 is 14.7 Å². The molecule has 2 atom stereocenters. The van der Waals surface area contributed by atoms with E-state index in [9.17, 15) is 27.6 Å². The maximum atomic E-state index is 15.6. The Kier molecular flexibility index (Phi) is 8.02. The van der Waals surface area contributed by atoms with Crippen LogP contribution in [0.15, 0.2) is 49.3 Å². The lowest BCUT2D eigenvalue weighted by molar-refractivity contribution is -0.137. The van der Waals surface area contributed by atoms with Gasteiger partial charge in [-0.1, -0.05) is 12.6 Å². The van der Waals surface area contributed by atoms with E-state index >= 15 is 4.39 Å². The second kappa shape index (κ2) is 11.8. The minimum Gasteiger partial charge on any atom is -0.359 e. The largest absolute Gasteiger partial charge is 0.416 e. The number of aryl methyl sites for hydroxylation is 1. The molecule has 0 N–H and O–H groups in total. The highest BCUT2D eigenvalue weighted by atomic mass is 19.4. The van der Waals surface area contributed by atoms with Gasteiger partial charge in [-0.2, -0.15) is 18.3 Å². The summed E-state index contributed by atoms with van der Waals surface area (Å²) >= 11 is 0. The van der Waals surface area contributed by atoms with E-state index in [1.165, 1.54) is 37.1 Å². The summed E-state index contributed by atoms with van der Waals surface area (Å²) in [5, 5.41) is 4.66. The van der Waals surface area contributed by atoms with Gasteiger partial charge in [0.2, 0.25) is 17.7 Å². The summed E-state index contributed by atoms with van der Waals surface area (Å²) in [6, 6.07) is 4.78. The highest BCUT2D eigenvalue weighted by molar-refractivity contribution is 6.10. The molecule has 3 amide bonds. The molecule has 0 unspecified atom stereocenters. The Balaban J connectivity index is 1.32. The summed E-state index contributed by atoms with van der Waals surface area (Å²) in [7, 11) is 1.45. The zero-order valence-corrected chi connectivity index (χ0v) is 25.2. The van der Waals surface area contributed by atoms with Gasteiger partial charge in [0, 0.05) is 44.7 Å². The van der Waals surface area contributed by atoms with E-state index < -0.39 is 41.3 Å². The predicted octanol–water partition coefficient (Wildman–Crippen LogP) is 3.89. The van der Waals surface area contributed by atoms with E-state index in [0.29, 0.717) is 31.8 Å². The fourth-order valence-electron chi connectivity index (χ4n) is 6.62. The minimum absolute atomic E-state index is 0.00374. The number of para-hydroxylation sites is 1. The molecule has 0 saturated carbocycles. The van der Waals surface area contributed by atoms with Crippen molar-refractivity contribution in [3.63, 3.8) is 0 Å². The number of nitrogens with zero attached hydrogens (tertiary/aromatic N) is 8. The SMILES string of the molecule is C=CC(=O)N1CCC(n2cnc(CN3C[C@H]4CC(=O)N(c5cc(C(F)(F)F)cc(C)n5)[C@@H]4C(=O)N(C)c4cccc(F)c43)n2)CC1. The first-order valence-corrected chi connectivity index (χ1v) is 14.9. The van der Waals surface area contributed by atoms with Crippen molar-refractivity contribution < 1.29 is 31.9 Å². The molecule has 0 bridgehead atoms. The van der Waals surface area contributed by atoms with Gasteiger partial charge in [0.15, 0.2) is 5.82 Å². The lowest BCUT2D eigenvalue weighted by atomic mass is 9.95. The van der Waals surface area contributed by atoms with E-state index in [-0.39, 0.29) is 54.3 Å². The van der Waals surface area contributed by atoms with E-state index in [1.807, 2.05) is 0 Å². The number of fused-ring (bicyclic) bond motifs is 2. The van der Waals surface area contributed by atoms with Crippen LogP contribution in [0.1, 0.15) is 42.4 Å². The van der Waals surface area contributed by atoms with Gasteiger partial charge in [-0.15, -0.1) is 0 Å². The van der Waals surface area contributed by atoms with Gasteiger partial charge in [0.1, 0.15) is 24.0 Å². The molecule has 242 valence electrons. The number of likely N-dealkylation sites (N-methyl/N-ethyl adjacent to an activating group) is 1. The van der Waals surface area contributed by atoms with Crippen molar-refractivity contribution in [2.45, 2.75) is 51.0 Å². The van der Waals surface area contributed by atoms with Crippen molar-refractivity contribution in [1.82, 2.24) is 24.6 Å². The number of alkyl halides is 3. The summed E-state index contributed by atoms with van der Waals surface area (Å²) in [6.45, 7) is 6.08. The summed E-state index contributed by atoms with van der Waals surface area (Å²) in [6.07, 6.45) is -0.625. The Morgan fingerprint density at radius 1 is 1.15 bits per heavy atom. The van der Waals surface area contributed by atoms with Gasteiger partial charge >= 0.3 is 6.18 Å². The average Bonchev–Trinajstić information content (AvgIpc) is 3.62. The number of amides is 3. The number of pyridine rings is 1. The molecule has 0 radical (unpaired) electrons. The molecule has 11 nitrogen and oxygen atoms in total. The van der Waals surface area contributed by atoms with Gasteiger partial charge in [-0.25, -0.2) is 19.0 Å². The van der Waals surface area contributed by atoms with Crippen LogP contribution < -0.4 is 14.7 Å². The molecule has 46 heavy (non-hydrogen) atoms. The molecule has 2 saturated heterocycles. The zero-order chi connectivity index (χ0) is 32.9. The van der Waals surface area contributed by atoms with Crippen molar-refractivity contribution >= 4 is 34.9 Å². The number of halogens is 4. The predicted molar refractivity (Wildman–Crippen MR) is 159 cm³/mol. The van der Waals surface area contributed by atoms with Crippen LogP contribution in [0.3, 0.4) is 0 Å². The van der Waals surface area contributed by atoms with Crippen LogP contribution in [-0.2, 0) is 27.1 Å². The van der Waals surface area contributed by atoms with Gasteiger partial charge in [-0.3, -0.25) is 19.3 Å². The van der Waals surface area contributed by atoms with Crippen molar-refractivity contribution in [3.05, 3.63) is 72.2 Å². The van der Waals surface area contributed by atoms with Crippen molar-refractivity contribution in [2.24, 2.45) is 5.92 Å². The quantitative estimate of drug-likeness (QED) is 0.308. The average molecular weight is 641 g/mol. The minimum atomic E-state index is -4.68. The summed E-state index contributed by atoms with van der Waals surface area (Å²) < 4.78 is 58.4. The maximum absolute atomic E-state index is 15.6. The smallest absolute Gasteiger partial charge is 0.359 e. The number of benzene rings is 1. The van der Waals surface area contributed by atoms with Crippen LogP contribution in [0.4, 0.5) is 34.8 Å². The Morgan fingerprint density at radius 2 is 1.89 bits per heavy atom. The number of hydrogen-bond acceptors (Lipinski definition) is 7. The zero-order valence-electron chi connectivity index (χ0n) is 25.2. The van der Waals surface area contributed by atoms with E-state index in [4.69, 9.17) is 0 Å². The molecule has 3 aliphatic heterocycles. The van der Waals surface area contributed by atoms with Crippen LogP contribution in [-0.4, -0.2) is 75.1 Å². The highest BCUT2D eigenvalue weighted by Gasteiger charge is 2.49. The molecule has 6 rings (SSSR count). The first-order chi connectivity index (χ1) is 21.8. The van der Waals surface area contributed by atoms with Crippen LogP contribution in [0.25, 0.3) is 0 Å². The molecular formula is C31H32F4N8O3. The van der Waals surface area contributed by atoms with Crippen LogP contribution >= 0.6 is 0 Å². The van der Waals surface area contributed by atoms with E-state index in [1.54, 1.807) is 26.9 Å².